The number of carbonyl (C=O) groups is 1. The van der Waals surface area contributed by atoms with Crippen LogP contribution in [-0.4, -0.2) is 53.4 Å². The monoisotopic (exact) mass is 476 g/mol. The number of carbonyl (C=O) groups excluding carboxylic acids is 1. The topological polar surface area (TPSA) is 52.6 Å². The van der Waals surface area contributed by atoms with E-state index in [4.69, 9.17) is 0 Å². The summed E-state index contributed by atoms with van der Waals surface area (Å²) in [4.78, 5) is 15.2. The van der Waals surface area contributed by atoms with Crippen molar-refractivity contribution in [1.29, 1.82) is 0 Å². The molecule has 33 heavy (non-hydrogen) atoms. The van der Waals surface area contributed by atoms with Gasteiger partial charge in [-0.3, -0.25) is 4.79 Å². The molecule has 0 aromatic carbocycles. The Kier molecular flexibility index (Phi) is 10.1. The molecule has 2 aliphatic carbocycles. The molecule has 4 aliphatic rings. The maximum atomic E-state index is 13.4. The van der Waals surface area contributed by atoms with Crippen LogP contribution in [0.25, 0.3) is 0 Å². The molecule has 194 valence electrons. The third kappa shape index (κ3) is 5.88. The Bertz CT molecular complexity index is 625. The van der Waals surface area contributed by atoms with Gasteiger partial charge in [-0.25, -0.2) is 0 Å². The van der Waals surface area contributed by atoms with Crippen molar-refractivity contribution in [2.24, 2.45) is 35.5 Å². The minimum Gasteiger partial charge on any atom is -0.379 e. The second-order valence-electron chi connectivity index (χ2n) is 10.4. The highest BCUT2D eigenvalue weighted by Gasteiger charge is 2.61. The molecule has 0 aromatic heterocycles. The minimum atomic E-state index is -4.68. The Balaban J connectivity index is 0.000000914. The fourth-order valence-corrected chi connectivity index (χ4v) is 6.91. The molecule has 2 saturated heterocycles. The molecule has 1 amide bonds. The standard InChI is InChI=1S/C22H35F3N2O2.2C2H6/c1-13-11-27(20(28)16-8-7-14-5-3-4-6-15(14)9-16)12-17-10-26-19(18(13)17)21(2,29)22(23,24)25;2*1-2/h13-19,26,29H,3-12H2,1-2H3;2*1-2H3/t13-,14-,15+,16+,17?,18+,19-,21+;;/m0../s1. The van der Waals surface area contributed by atoms with Crippen LogP contribution in [0.3, 0.4) is 0 Å². The molecular weight excluding hydrogens is 429 g/mol. The molecule has 4 nitrogen and oxygen atoms in total. The predicted octanol–water partition coefficient (Wildman–Crippen LogP) is 5.64. The number of alkyl halides is 3. The number of nitrogens with one attached hydrogen (secondary N) is 1. The molecule has 7 heteroatoms. The first-order valence-electron chi connectivity index (χ1n) is 13.4. The van der Waals surface area contributed by atoms with Gasteiger partial charge in [0.2, 0.25) is 5.91 Å². The van der Waals surface area contributed by atoms with E-state index in [-0.39, 0.29) is 29.6 Å². The fourth-order valence-electron chi connectivity index (χ4n) is 6.91. The van der Waals surface area contributed by atoms with Crippen LogP contribution in [0.2, 0.25) is 0 Å². The quantitative estimate of drug-likeness (QED) is 0.542. The van der Waals surface area contributed by atoms with Gasteiger partial charge in [0.25, 0.3) is 0 Å². The van der Waals surface area contributed by atoms with E-state index in [0.717, 1.165) is 32.1 Å². The van der Waals surface area contributed by atoms with Crippen LogP contribution >= 0.6 is 0 Å². The summed E-state index contributed by atoms with van der Waals surface area (Å²) in [6, 6.07) is -1.02. The molecular formula is C26H47F3N2O2. The van der Waals surface area contributed by atoms with Crippen molar-refractivity contribution in [3.8, 4) is 0 Å². The number of hydrogen-bond acceptors (Lipinski definition) is 3. The lowest BCUT2D eigenvalue weighted by Crippen LogP contribution is -2.61. The first kappa shape index (κ1) is 28.4. The summed E-state index contributed by atoms with van der Waals surface area (Å²) < 4.78 is 40.2. The molecule has 0 bridgehead atoms. The first-order chi connectivity index (χ1) is 15.6. The Morgan fingerprint density at radius 1 is 0.939 bits per heavy atom. The highest BCUT2D eigenvalue weighted by molar-refractivity contribution is 5.79. The first-order valence-corrected chi connectivity index (χ1v) is 13.4. The number of nitrogens with zero attached hydrogens (tertiary/aromatic N) is 1. The zero-order chi connectivity index (χ0) is 25.0. The van der Waals surface area contributed by atoms with Gasteiger partial charge in [-0.1, -0.05) is 60.3 Å². The highest BCUT2D eigenvalue weighted by atomic mass is 19.4. The van der Waals surface area contributed by atoms with Crippen LogP contribution in [0.4, 0.5) is 13.2 Å². The molecule has 2 aliphatic heterocycles. The van der Waals surface area contributed by atoms with Crippen molar-refractivity contribution < 1.29 is 23.1 Å². The molecule has 0 radical (unpaired) electrons. The molecule has 4 fully saturated rings. The molecule has 1 unspecified atom stereocenters. The van der Waals surface area contributed by atoms with E-state index in [2.05, 4.69) is 5.32 Å². The van der Waals surface area contributed by atoms with E-state index in [1.807, 2.05) is 39.5 Å². The van der Waals surface area contributed by atoms with Crippen LogP contribution in [0.1, 0.15) is 86.5 Å². The van der Waals surface area contributed by atoms with Gasteiger partial charge in [0.15, 0.2) is 5.60 Å². The van der Waals surface area contributed by atoms with Gasteiger partial charge >= 0.3 is 6.18 Å². The molecule has 8 atom stereocenters. The molecule has 0 spiro atoms. The third-order valence-corrected chi connectivity index (χ3v) is 8.53. The molecule has 2 saturated carbocycles. The van der Waals surface area contributed by atoms with Gasteiger partial charge in [0, 0.05) is 31.6 Å². The summed E-state index contributed by atoms with van der Waals surface area (Å²) in [7, 11) is 0. The number of piperidine rings is 1. The molecule has 4 rings (SSSR count). The lowest BCUT2D eigenvalue weighted by Gasteiger charge is -2.46. The lowest BCUT2D eigenvalue weighted by molar-refractivity contribution is -0.267. The summed E-state index contributed by atoms with van der Waals surface area (Å²) in [6.07, 6.45) is 3.57. The number of hydrogen-bond donors (Lipinski definition) is 2. The second-order valence-corrected chi connectivity index (χ2v) is 10.4. The third-order valence-electron chi connectivity index (χ3n) is 8.53. The Hall–Kier alpha value is -0.820. The van der Waals surface area contributed by atoms with Gasteiger partial charge in [0.05, 0.1) is 0 Å². The summed E-state index contributed by atoms with van der Waals surface area (Å²) in [5, 5.41) is 13.2. The normalized spacial score (nSPS) is 37.9. The van der Waals surface area contributed by atoms with Gasteiger partial charge in [-0.2, -0.15) is 13.2 Å². The predicted molar refractivity (Wildman–Crippen MR) is 127 cm³/mol. The van der Waals surface area contributed by atoms with Crippen LogP contribution in [0, 0.1) is 35.5 Å². The number of halogens is 3. The van der Waals surface area contributed by atoms with E-state index in [1.165, 1.54) is 25.7 Å². The number of amides is 1. The van der Waals surface area contributed by atoms with Crippen molar-refractivity contribution in [2.75, 3.05) is 19.6 Å². The zero-order valence-electron chi connectivity index (χ0n) is 21.5. The average molecular weight is 477 g/mol. The van der Waals surface area contributed by atoms with E-state index in [1.54, 1.807) is 0 Å². The Morgan fingerprint density at radius 3 is 2.15 bits per heavy atom. The lowest BCUT2D eigenvalue weighted by atomic mass is 9.67. The van der Waals surface area contributed by atoms with Crippen LogP contribution < -0.4 is 5.32 Å². The molecule has 2 N–H and O–H groups in total. The fraction of sp³-hybridized carbons (Fsp3) is 0.962. The molecule has 2 heterocycles. The van der Waals surface area contributed by atoms with E-state index in [9.17, 15) is 23.1 Å². The van der Waals surface area contributed by atoms with Crippen molar-refractivity contribution in [3.05, 3.63) is 0 Å². The van der Waals surface area contributed by atoms with Crippen molar-refractivity contribution in [1.82, 2.24) is 10.2 Å². The number of aliphatic hydroxyl groups is 1. The van der Waals surface area contributed by atoms with Crippen molar-refractivity contribution >= 4 is 5.91 Å². The number of likely N-dealkylation sites (tertiary alicyclic amines) is 1. The SMILES string of the molecule is CC.CC.C[C@H]1CN(C(=O)[C@@H]2CC[C@@H]3CCCC[C@@H]3C2)CC2CN[C@H]([C@@](C)(O)C(F)(F)F)[C@@H]21. The van der Waals surface area contributed by atoms with Gasteiger partial charge in [-0.05, 0) is 55.8 Å². The number of fused-ring (bicyclic) bond motifs is 2. The summed E-state index contributed by atoms with van der Waals surface area (Å²) in [6.45, 7) is 12.2. The maximum absolute atomic E-state index is 13.4. The second kappa shape index (κ2) is 11.7. The van der Waals surface area contributed by atoms with Crippen molar-refractivity contribution in [2.45, 2.75) is 104 Å². The van der Waals surface area contributed by atoms with Crippen LogP contribution in [0.5, 0.6) is 0 Å². The Labute approximate surface area is 199 Å². The van der Waals surface area contributed by atoms with Gasteiger partial charge in [-0.15, -0.1) is 0 Å². The van der Waals surface area contributed by atoms with Crippen molar-refractivity contribution in [3.63, 3.8) is 0 Å². The van der Waals surface area contributed by atoms with Crippen LogP contribution in [0.15, 0.2) is 0 Å². The highest BCUT2D eigenvalue weighted by Crippen LogP contribution is 2.46. The van der Waals surface area contributed by atoms with E-state index >= 15 is 0 Å². The maximum Gasteiger partial charge on any atom is 0.418 e. The van der Waals surface area contributed by atoms with E-state index in [0.29, 0.717) is 25.6 Å². The summed E-state index contributed by atoms with van der Waals surface area (Å²) in [5.41, 5.74) is -2.76. The summed E-state index contributed by atoms with van der Waals surface area (Å²) >= 11 is 0. The summed E-state index contributed by atoms with van der Waals surface area (Å²) in [5.74, 6) is 1.39. The smallest absolute Gasteiger partial charge is 0.379 e. The van der Waals surface area contributed by atoms with E-state index < -0.39 is 17.8 Å². The molecule has 0 aromatic rings. The Morgan fingerprint density at radius 2 is 1.55 bits per heavy atom. The van der Waals surface area contributed by atoms with Crippen LogP contribution in [-0.2, 0) is 4.79 Å². The average Bonchev–Trinajstić information content (AvgIpc) is 3.25. The zero-order valence-corrected chi connectivity index (χ0v) is 21.5. The van der Waals surface area contributed by atoms with Gasteiger partial charge < -0.3 is 15.3 Å². The minimum absolute atomic E-state index is 0.0347. The van der Waals surface area contributed by atoms with Gasteiger partial charge in [0.1, 0.15) is 0 Å². The largest absolute Gasteiger partial charge is 0.418 e. The number of rotatable bonds is 2.